The molecule has 0 bridgehead atoms. The number of methoxy groups -OCH3 is 2. The lowest BCUT2D eigenvalue weighted by Crippen LogP contribution is -2.41. The number of piperidine rings is 2. The highest BCUT2D eigenvalue weighted by Crippen LogP contribution is 2.25. The fraction of sp³-hybridized carbons (Fsp3) is 0.900. The third-order valence-electron chi connectivity index (χ3n) is 5.75. The minimum atomic E-state index is -0.179. The van der Waals surface area contributed by atoms with Crippen LogP contribution in [-0.4, -0.2) is 62.4 Å². The SMILES string of the molecule is COC(=O)N1CCC(C(C)C)CC1.COC(=O)N1CCCC(C(C)C)C1. The Kier molecular flexibility index (Phi) is 9.81. The van der Waals surface area contributed by atoms with Crippen LogP contribution in [0.15, 0.2) is 0 Å². The van der Waals surface area contributed by atoms with Gasteiger partial charge in [0.25, 0.3) is 0 Å². The highest BCUT2D eigenvalue weighted by molar-refractivity contribution is 5.67. The van der Waals surface area contributed by atoms with Crippen molar-refractivity contribution >= 4 is 12.2 Å². The molecule has 26 heavy (non-hydrogen) atoms. The number of nitrogens with zero attached hydrogens (tertiary/aromatic N) is 2. The van der Waals surface area contributed by atoms with Crippen LogP contribution < -0.4 is 0 Å². The minimum absolute atomic E-state index is 0.176. The van der Waals surface area contributed by atoms with Gasteiger partial charge in [-0.05, 0) is 49.4 Å². The lowest BCUT2D eigenvalue weighted by Gasteiger charge is -2.33. The normalized spacial score (nSPS) is 21.3. The van der Waals surface area contributed by atoms with Crippen LogP contribution in [-0.2, 0) is 9.47 Å². The van der Waals surface area contributed by atoms with Crippen molar-refractivity contribution in [3.8, 4) is 0 Å². The van der Waals surface area contributed by atoms with Gasteiger partial charge >= 0.3 is 12.2 Å². The van der Waals surface area contributed by atoms with E-state index in [0.717, 1.165) is 57.3 Å². The van der Waals surface area contributed by atoms with Gasteiger partial charge in [-0.3, -0.25) is 0 Å². The van der Waals surface area contributed by atoms with Gasteiger partial charge < -0.3 is 19.3 Å². The predicted molar refractivity (Wildman–Crippen MR) is 103 cm³/mol. The molecular weight excluding hydrogens is 332 g/mol. The zero-order chi connectivity index (χ0) is 19.7. The van der Waals surface area contributed by atoms with Gasteiger partial charge in [-0.1, -0.05) is 27.7 Å². The molecule has 0 saturated carbocycles. The van der Waals surface area contributed by atoms with E-state index in [4.69, 9.17) is 4.74 Å². The maximum absolute atomic E-state index is 11.2. The van der Waals surface area contributed by atoms with Crippen LogP contribution in [0.2, 0.25) is 0 Å². The molecule has 0 spiro atoms. The molecule has 2 rings (SSSR count). The standard InChI is InChI=1S/2C10H19NO2/c1-8(2)9-4-6-11(7-5-9)10(12)13-3;1-8(2)9-5-4-6-11(7-9)10(12)13-3/h2*8-9H,4-7H2,1-3H3. The summed E-state index contributed by atoms with van der Waals surface area (Å²) in [6.07, 6.45) is 4.23. The number of hydrogen-bond donors (Lipinski definition) is 0. The zero-order valence-corrected chi connectivity index (χ0v) is 17.5. The summed E-state index contributed by atoms with van der Waals surface area (Å²) < 4.78 is 9.38. The van der Waals surface area contributed by atoms with Crippen LogP contribution in [0.5, 0.6) is 0 Å². The van der Waals surface area contributed by atoms with E-state index < -0.39 is 0 Å². The lowest BCUT2D eigenvalue weighted by atomic mass is 9.87. The van der Waals surface area contributed by atoms with Crippen LogP contribution in [0.4, 0.5) is 9.59 Å². The molecule has 2 aliphatic rings. The van der Waals surface area contributed by atoms with Gasteiger partial charge in [0.2, 0.25) is 0 Å². The maximum Gasteiger partial charge on any atom is 0.409 e. The van der Waals surface area contributed by atoms with Crippen LogP contribution in [0.3, 0.4) is 0 Å². The smallest absolute Gasteiger partial charge is 0.409 e. The van der Waals surface area contributed by atoms with Gasteiger partial charge in [0.1, 0.15) is 0 Å². The summed E-state index contributed by atoms with van der Waals surface area (Å²) in [5, 5.41) is 0. The maximum atomic E-state index is 11.2. The molecule has 0 aromatic rings. The number of carbonyl (C=O) groups excluding carboxylic acids is 2. The van der Waals surface area contributed by atoms with Crippen molar-refractivity contribution in [3.05, 3.63) is 0 Å². The third kappa shape index (κ3) is 7.04. The summed E-state index contributed by atoms with van der Waals surface area (Å²) in [4.78, 5) is 26.0. The summed E-state index contributed by atoms with van der Waals surface area (Å²) in [6, 6.07) is 0. The monoisotopic (exact) mass is 370 g/mol. The number of carbonyl (C=O) groups is 2. The molecule has 6 nitrogen and oxygen atoms in total. The molecule has 1 unspecified atom stereocenters. The van der Waals surface area contributed by atoms with E-state index in [9.17, 15) is 9.59 Å². The summed E-state index contributed by atoms with van der Waals surface area (Å²) in [5.41, 5.74) is 0. The van der Waals surface area contributed by atoms with E-state index in [0.29, 0.717) is 11.8 Å². The molecule has 2 aliphatic heterocycles. The number of rotatable bonds is 2. The van der Waals surface area contributed by atoms with Gasteiger partial charge in [-0.25, -0.2) is 9.59 Å². The highest BCUT2D eigenvalue weighted by Gasteiger charge is 2.26. The summed E-state index contributed by atoms with van der Waals surface area (Å²) in [5.74, 6) is 2.82. The van der Waals surface area contributed by atoms with Crippen molar-refractivity contribution in [1.82, 2.24) is 9.80 Å². The van der Waals surface area contributed by atoms with Gasteiger partial charge in [-0.2, -0.15) is 0 Å². The predicted octanol–water partition coefficient (Wildman–Crippen LogP) is 4.24. The molecule has 152 valence electrons. The van der Waals surface area contributed by atoms with E-state index in [1.807, 2.05) is 4.90 Å². The van der Waals surface area contributed by atoms with Gasteiger partial charge in [-0.15, -0.1) is 0 Å². The first-order chi connectivity index (χ1) is 12.3. The topological polar surface area (TPSA) is 59.1 Å². The summed E-state index contributed by atoms with van der Waals surface area (Å²) in [6.45, 7) is 12.4. The van der Waals surface area contributed by atoms with Crippen molar-refractivity contribution < 1.29 is 19.1 Å². The molecule has 2 heterocycles. The van der Waals surface area contributed by atoms with Gasteiger partial charge in [0.15, 0.2) is 0 Å². The number of hydrogen-bond acceptors (Lipinski definition) is 4. The second kappa shape index (κ2) is 11.3. The van der Waals surface area contributed by atoms with Crippen LogP contribution in [0.1, 0.15) is 53.4 Å². The Balaban J connectivity index is 0.000000260. The number of likely N-dealkylation sites (tertiary alicyclic amines) is 2. The number of ether oxygens (including phenoxy) is 2. The minimum Gasteiger partial charge on any atom is -0.453 e. The van der Waals surface area contributed by atoms with E-state index in [-0.39, 0.29) is 12.2 Å². The Hall–Kier alpha value is -1.46. The molecule has 2 saturated heterocycles. The zero-order valence-electron chi connectivity index (χ0n) is 17.5. The first kappa shape index (κ1) is 22.6. The fourth-order valence-corrected chi connectivity index (χ4v) is 3.73. The van der Waals surface area contributed by atoms with Crippen molar-refractivity contribution in [2.45, 2.75) is 53.4 Å². The van der Waals surface area contributed by atoms with Crippen molar-refractivity contribution in [2.24, 2.45) is 23.7 Å². The Morgan fingerprint density at radius 3 is 1.73 bits per heavy atom. The summed E-state index contributed by atoms with van der Waals surface area (Å²) in [7, 11) is 2.89. The molecule has 0 aromatic carbocycles. The van der Waals surface area contributed by atoms with E-state index in [1.54, 1.807) is 4.90 Å². The molecule has 1 atom stereocenters. The summed E-state index contributed by atoms with van der Waals surface area (Å²) >= 11 is 0. The molecule has 0 radical (unpaired) electrons. The van der Waals surface area contributed by atoms with E-state index in [2.05, 4.69) is 32.4 Å². The second-order valence-corrected chi connectivity index (χ2v) is 8.10. The van der Waals surface area contributed by atoms with E-state index in [1.165, 1.54) is 20.6 Å². The Morgan fingerprint density at radius 2 is 1.27 bits per heavy atom. The molecule has 0 N–H and O–H groups in total. The molecule has 6 heteroatoms. The molecule has 2 amide bonds. The molecule has 0 aliphatic carbocycles. The van der Waals surface area contributed by atoms with Crippen LogP contribution >= 0.6 is 0 Å². The van der Waals surface area contributed by atoms with Crippen molar-refractivity contribution in [1.29, 1.82) is 0 Å². The van der Waals surface area contributed by atoms with Gasteiger partial charge in [0, 0.05) is 26.2 Å². The quantitative estimate of drug-likeness (QED) is 0.729. The molecule has 0 aromatic heterocycles. The highest BCUT2D eigenvalue weighted by atomic mass is 16.5. The average molecular weight is 371 g/mol. The Labute approximate surface area is 159 Å². The van der Waals surface area contributed by atoms with Crippen molar-refractivity contribution in [3.63, 3.8) is 0 Å². The number of amides is 2. The fourth-order valence-electron chi connectivity index (χ4n) is 3.73. The first-order valence-corrected chi connectivity index (χ1v) is 9.95. The molecular formula is C20H38N2O4. The molecule has 2 fully saturated rings. The third-order valence-corrected chi connectivity index (χ3v) is 5.75. The van der Waals surface area contributed by atoms with Crippen molar-refractivity contribution in [2.75, 3.05) is 40.4 Å². The first-order valence-electron chi connectivity index (χ1n) is 9.95. The second-order valence-electron chi connectivity index (χ2n) is 8.10. The van der Waals surface area contributed by atoms with Crippen LogP contribution in [0.25, 0.3) is 0 Å². The lowest BCUT2D eigenvalue weighted by molar-refractivity contribution is 0.0936. The largest absolute Gasteiger partial charge is 0.453 e. The Bertz CT molecular complexity index is 432. The van der Waals surface area contributed by atoms with Gasteiger partial charge in [0.05, 0.1) is 14.2 Å². The average Bonchev–Trinajstić information content (AvgIpc) is 2.67. The van der Waals surface area contributed by atoms with Crippen LogP contribution in [0, 0.1) is 23.7 Å². The van der Waals surface area contributed by atoms with E-state index >= 15 is 0 Å². The Morgan fingerprint density at radius 1 is 0.769 bits per heavy atom.